The number of aromatic nitrogens is 7. The van der Waals surface area contributed by atoms with Crippen LogP contribution in [0.15, 0.2) is 36.9 Å². The Balaban J connectivity index is 1.53. The normalized spacial score (nSPS) is 17.9. The van der Waals surface area contributed by atoms with Crippen LogP contribution in [-0.2, 0) is 5.41 Å². The highest BCUT2D eigenvalue weighted by Crippen LogP contribution is 2.50. The maximum atomic E-state index is 14.2. The van der Waals surface area contributed by atoms with Crippen LogP contribution in [0, 0.1) is 0 Å². The van der Waals surface area contributed by atoms with Gasteiger partial charge in [-0.05, 0) is 13.0 Å². The molecule has 5 rings (SSSR count). The maximum Gasteiger partial charge on any atom is 0.401 e. The summed E-state index contributed by atoms with van der Waals surface area (Å²) in [5.74, 6) is -0.263. The standard InChI is InChI=1S/C19H13ClF5N9O/c1-18(19(23,24)25)8-32(11-7-26-13-5-12(20)31-33(13)14(11)18)17(35)30-9-4-10(15(21)22)16(27-6-9)34-28-2-3-29-34/h2-7,15H,8H2,1H3,(H,30,35)/t18-/m1/s1. The molecule has 0 fully saturated rings. The van der Waals surface area contributed by atoms with Crippen LogP contribution in [0.1, 0.15) is 24.6 Å². The van der Waals surface area contributed by atoms with Crippen molar-refractivity contribution in [1.82, 2.24) is 34.6 Å². The van der Waals surface area contributed by atoms with Crippen molar-refractivity contribution < 1.29 is 26.7 Å². The van der Waals surface area contributed by atoms with E-state index >= 15 is 0 Å². The number of pyridine rings is 1. The van der Waals surface area contributed by atoms with Gasteiger partial charge in [-0.3, -0.25) is 4.90 Å². The molecule has 182 valence electrons. The summed E-state index contributed by atoms with van der Waals surface area (Å²) in [4.78, 5) is 22.7. The molecule has 1 aliphatic heterocycles. The van der Waals surface area contributed by atoms with E-state index < -0.39 is 36.2 Å². The molecule has 35 heavy (non-hydrogen) atoms. The van der Waals surface area contributed by atoms with Gasteiger partial charge in [-0.1, -0.05) is 11.6 Å². The van der Waals surface area contributed by atoms with E-state index in [1.54, 1.807) is 0 Å². The minimum atomic E-state index is -4.77. The maximum absolute atomic E-state index is 14.2. The molecular weight excluding hydrogens is 501 g/mol. The smallest absolute Gasteiger partial charge is 0.306 e. The van der Waals surface area contributed by atoms with Gasteiger partial charge in [-0.25, -0.2) is 28.1 Å². The van der Waals surface area contributed by atoms with Gasteiger partial charge in [0.1, 0.15) is 5.41 Å². The van der Waals surface area contributed by atoms with Gasteiger partial charge in [0, 0.05) is 12.6 Å². The molecule has 0 saturated heterocycles. The number of fused-ring (bicyclic) bond motifs is 3. The van der Waals surface area contributed by atoms with Crippen molar-refractivity contribution >= 4 is 34.7 Å². The highest BCUT2D eigenvalue weighted by molar-refractivity contribution is 6.29. The molecule has 0 aromatic carbocycles. The Labute approximate surface area is 197 Å². The fraction of sp³-hybridized carbons (Fsp3) is 0.263. The fourth-order valence-electron chi connectivity index (χ4n) is 3.88. The first-order valence-corrected chi connectivity index (χ1v) is 10.2. The highest BCUT2D eigenvalue weighted by atomic mass is 35.5. The van der Waals surface area contributed by atoms with Gasteiger partial charge in [0.15, 0.2) is 16.6 Å². The van der Waals surface area contributed by atoms with Crippen molar-refractivity contribution in [3.8, 4) is 5.82 Å². The summed E-state index contributed by atoms with van der Waals surface area (Å²) in [7, 11) is 0. The van der Waals surface area contributed by atoms with Gasteiger partial charge in [0.25, 0.3) is 6.43 Å². The zero-order chi connectivity index (χ0) is 25.1. The average molecular weight is 514 g/mol. The summed E-state index contributed by atoms with van der Waals surface area (Å²) in [6, 6.07) is 1.23. The number of amides is 2. The zero-order valence-electron chi connectivity index (χ0n) is 17.5. The van der Waals surface area contributed by atoms with Gasteiger partial charge in [0.2, 0.25) is 0 Å². The largest absolute Gasteiger partial charge is 0.401 e. The summed E-state index contributed by atoms with van der Waals surface area (Å²) in [6.07, 6.45) is -3.05. The topological polar surface area (TPSA) is 106 Å². The van der Waals surface area contributed by atoms with Crippen LogP contribution in [0.5, 0.6) is 0 Å². The summed E-state index contributed by atoms with van der Waals surface area (Å²) >= 11 is 5.86. The average Bonchev–Trinajstić information content (AvgIpc) is 3.50. The third kappa shape index (κ3) is 3.62. The number of urea groups is 1. The lowest BCUT2D eigenvalue weighted by molar-refractivity contribution is -0.181. The lowest BCUT2D eigenvalue weighted by Crippen LogP contribution is -2.46. The van der Waals surface area contributed by atoms with Crippen molar-refractivity contribution in [3.63, 3.8) is 0 Å². The third-order valence-corrected chi connectivity index (χ3v) is 5.77. The minimum Gasteiger partial charge on any atom is -0.306 e. The number of nitrogens with zero attached hydrogens (tertiary/aromatic N) is 8. The van der Waals surface area contributed by atoms with Crippen molar-refractivity contribution in [2.24, 2.45) is 0 Å². The first-order valence-electron chi connectivity index (χ1n) is 9.84. The van der Waals surface area contributed by atoms with E-state index in [4.69, 9.17) is 11.6 Å². The van der Waals surface area contributed by atoms with E-state index in [9.17, 15) is 26.7 Å². The predicted octanol–water partition coefficient (Wildman–Crippen LogP) is 4.17. The van der Waals surface area contributed by atoms with Crippen LogP contribution < -0.4 is 10.2 Å². The van der Waals surface area contributed by atoms with Gasteiger partial charge >= 0.3 is 12.2 Å². The summed E-state index contributed by atoms with van der Waals surface area (Å²) < 4.78 is 70.8. The third-order valence-electron chi connectivity index (χ3n) is 5.58. The summed E-state index contributed by atoms with van der Waals surface area (Å²) in [5, 5.41) is 13.7. The Morgan fingerprint density at radius 1 is 1.17 bits per heavy atom. The van der Waals surface area contributed by atoms with Crippen molar-refractivity contribution in [1.29, 1.82) is 0 Å². The second kappa shape index (κ2) is 7.83. The van der Waals surface area contributed by atoms with Crippen LogP contribution in [0.3, 0.4) is 0 Å². The SMILES string of the molecule is C[C@@]1(C(F)(F)F)CN(C(=O)Nc2cnc(-n3nccn3)c(C(F)F)c2)c2cnc3cc(Cl)nn3c21. The number of nitrogens with one attached hydrogen (secondary N) is 1. The molecule has 0 bridgehead atoms. The van der Waals surface area contributed by atoms with Crippen molar-refractivity contribution in [3.05, 3.63) is 53.3 Å². The lowest BCUT2D eigenvalue weighted by Gasteiger charge is -2.28. The quantitative estimate of drug-likeness (QED) is 0.412. The predicted molar refractivity (Wildman–Crippen MR) is 112 cm³/mol. The Morgan fingerprint density at radius 2 is 1.89 bits per heavy atom. The molecule has 4 aromatic rings. The number of halogens is 6. The number of rotatable bonds is 3. The Bertz CT molecular complexity index is 1440. The number of hydrogen-bond acceptors (Lipinski definition) is 6. The van der Waals surface area contributed by atoms with Gasteiger partial charge in [-0.2, -0.15) is 28.5 Å². The summed E-state index contributed by atoms with van der Waals surface area (Å²) in [5.41, 5.74) is -3.69. The summed E-state index contributed by atoms with van der Waals surface area (Å²) in [6.45, 7) is 0.122. The molecule has 0 unspecified atom stereocenters. The van der Waals surface area contributed by atoms with Gasteiger partial charge < -0.3 is 5.32 Å². The number of alkyl halides is 5. The Hall–Kier alpha value is -3.88. The first kappa shape index (κ1) is 22.9. The van der Waals surface area contributed by atoms with Crippen LogP contribution in [0.25, 0.3) is 11.5 Å². The fourth-order valence-corrected chi connectivity index (χ4v) is 4.05. The Morgan fingerprint density at radius 3 is 2.54 bits per heavy atom. The van der Waals surface area contributed by atoms with Crippen LogP contribution in [0.4, 0.5) is 38.1 Å². The molecule has 1 atom stereocenters. The minimum absolute atomic E-state index is 0.0695. The zero-order valence-corrected chi connectivity index (χ0v) is 18.3. The molecule has 0 saturated carbocycles. The van der Waals surface area contributed by atoms with Gasteiger partial charge in [0.05, 0.1) is 47.4 Å². The van der Waals surface area contributed by atoms with Crippen LogP contribution in [-0.4, -0.2) is 53.3 Å². The molecule has 2 amide bonds. The van der Waals surface area contributed by atoms with E-state index in [2.05, 4.69) is 30.6 Å². The number of carbonyl (C=O) groups excluding carboxylic acids is 1. The molecule has 0 radical (unpaired) electrons. The van der Waals surface area contributed by atoms with E-state index in [0.717, 1.165) is 39.6 Å². The van der Waals surface area contributed by atoms with E-state index in [1.807, 2.05) is 0 Å². The molecular formula is C19H13ClF5N9O. The van der Waals surface area contributed by atoms with Crippen LogP contribution in [0.2, 0.25) is 5.15 Å². The number of carbonyl (C=O) groups is 1. The molecule has 1 N–H and O–H groups in total. The van der Waals surface area contributed by atoms with Crippen molar-refractivity contribution in [2.75, 3.05) is 16.8 Å². The second-order valence-corrected chi connectivity index (χ2v) is 8.22. The molecule has 10 nitrogen and oxygen atoms in total. The Kier molecular flexibility index (Phi) is 5.12. The molecule has 0 spiro atoms. The van der Waals surface area contributed by atoms with Gasteiger partial charge in [-0.15, -0.1) is 4.80 Å². The number of anilines is 2. The van der Waals surface area contributed by atoms with Crippen molar-refractivity contribution in [2.45, 2.75) is 24.9 Å². The molecule has 0 aliphatic carbocycles. The molecule has 5 heterocycles. The lowest BCUT2D eigenvalue weighted by atomic mass is 9.88. The highest BCUT2D eigenvalue weighted by Gasteiger charge is 2.60. The van der Waals surface area contributed by atoms with E-state index in [0.29, 0.717) is 0 Å². The van der Waals surface area contributed by atoms with E-state index in [-0.39, 0.29) is 33.7 Å². The number of hydrogen-bond donors (Lipinski definition) is 1. The first-order chi connectivity index (χ1) is 16.5. The van der Waals surface area contributed by atoms with Crippen LogP contribution >= 0.6 is 11.6 Å². The molecule has 16 heteroatoms. The monoisotopic (exact) mass is 513 g/mol. The molecule has 1 aliphatic rings. The van der Waals surface area contributed by atoms with E-state index in [1.165, 1.54) is 18.5 Å². The molecule has 4 aromatic heterocycles. The second-order valence-electron chi connectivity index (χ2n) is 7.83.